The number of ether oxygens (including phenoxy) is 1. The first-order valence-electron chi connectivity index (χ1n) is 8.21. The van der Waals surface area contributed by atoms with Crippen molar-refractivity contribution < 1.29 is 24.3 Å². The fraction of sp³-hybridized carbons (Fsp3) is 0.375. The molecule has 2 aliphatic heterocycles. The number of benzene rings is 1. The molecule has 9 heteroatoms. The van der Waals surface area contributed by atoms with Gasteiger partial charge in [-0.1, -0.05) is 6.07 Å². The number of aromatic carboxylic acids is 1. The first-order valence-corrected chi connectivity index (χ1v) is 8.21. The number of H-pyrrole nitrogens is 1. The summed E-state index contributed by atoms with van der Waals surface area (Å²) >= 11 is 0. The number of likely N-dealkylation sites (tertiary alicyclic amines) is 1. The maximum absolute atomic E-state index is 11.7. The summed E-state index contributed by atoms with van der Waals surface area (Å²) in [5.74, 6) is -0.612. The molecule has 2 aromatic rings. The minimum absolute atomic E-state index is 0.0109. The van der Waals surface area contributed by atoms with Gasteiger partial charge in [-0.15, -0.1) is 0 Å². The van der Waals surface area contributed by atoms with Crippen LogP contribution in [0.25, 0.3) is 0 Å². The Bertz CT molecular complexity index is 776. The van der Waals surface area contributed by atoms with E-state index >= 15 is 0 Å². The molecule has 1 fully saturated rings. The van der Waals surface area contributed by atoms with Crippen LogP contribution in [0.1, 0.15) is 21.6 Å². The Balaban J connectivity index is 1.46. The van der Waals surface area contributed by atoms with Gasteiger partial charge in [0.15, 0.2) is 0 Å². The summed E-state index contributed by atoms with van der Waals surface area (Å²) in [5, 5.41) is 26.1. The number of aromatic nitrogens is 2. The SMILES string of the molecule is O=C(O)c1c(OC2CN(Cc3ccn[nH]3)C2)ccc2c1OB(O)CC2. The van der Waals surface area contributed by atoms with Gasteiger partial charge >= 0.3 is 13.1 Å². The lowest BCUT2D eigenvalue weighted by Crippen LogP contribution is -2.53. The van der Waals surface area contributed by atoms with E-state index in [9.17, 15) is 14.9 Å². The number of rotatable bonds is 5. The van der Waals surface area contributed by atoms with Crippen molar-refractivity contribution in [2.45, 2.75) is 25.4 Å². The minimum atomic E-state index is -1.12. The normalized spacial score (nSPS) is 17.6. The van der Waals surface area contributed by atoms with Crippen molar-refractivity contribution in [3.63, 3.8) is 0 Å². The van der Waals surface area contributed by atoms with Gasteiger partial charge in [-0.2, -0.15) is 5.10 Å². The molecular formula is C16H18BN3O5. The second-order valence-electron chi connectivity index (χ2n) is 6.36. The van der Waals surface area contributed by atoms with Crippen molar-refractivity contribution in [3.8, 4) is 11.5 Å². The lowest BCUT2D eigenvalue weighted by atomic mass is 9.78. The number of nitrogens with one attached hydrogen (secondary N) is 1. The topological polar surface area (TPSA) is 108 Å². The van der Waals surface area contributed by atoms with Crippen LogP contribution < -0.4 is 9.39 Å². The maximum atomic E-state index is 11.7. The molecule has 0 bridgehead atoms. The van der Waals surface area contributed by atoms with Crippen molar-refractivity contribution in [2.24, 2.45) is 0 Å². The monoisotopic (exact) mass is 343 g/mol. The number of nitrogens with zero attached hydrogens (tertiary/aromatic N) is 2. The molecule has 0 spiro atoms. The molecule has 1 aromatic carbocycles. The molecule has 1 aromatic heterocycles. The Labute approximate surface area is 144 Å². The van der Waals surface area contributed by atoms with E-state index in [2.05, 4.69) is 15.1 Å². The van der Waals surface area contributed by atoms with Crippen LogP contribution in [0, 0.1) is 0 Å². The number of aryl methyl sites for hydroxylation is 1. The highest BCUT2D eigenvalue weighted by Crippen LogP contribution is 2.37. The predicted octanol–water partition coefficient (Wildman–Crippen LogP) is 0.786. The standard InChI is InChI=1S/C16H18BN3O5/c21-16(22)14-13(2-1-10-3-5-17(23)25-15(10)14)24-12-8-20(9-12)7-11-4-6-18-19-11/h1-2,4,6,12,23H,3,5,7-9H2,(H,18,19)(H,21,22). The van der Waals surface area contributed by atoms with Crippen LogP contribution in [0.2, 0.25) is 6.32 Å². The summed E-state index contributed by atoms with van der Waals surface area (Å²) in [5.41, 5.74) is 1.80. The van der Waals surface area contributed by atoms with Crippen LogP contribution in [0.5, 0.6) is 11.5 Å². The number of carbonyl (C=O) groups is 1. The fourth-order valence-electron chi connectivity index (χ4n) is 3.23. The van der Waals surface area contributed by atoms with Gasteiger partial charge in [0.25, 0.3) is 0 Å². The van der Waals surface area contributed by atoms with Crippen molar-refractivity contribution in [1.29, 1.82) is 0 Å². The summed E-state index contributed by atoms with van der Waals surface area (Å²) in [6.45, 7) is 2.17. The van der Waals surface area contributed by atoms with E-state index in [1.54, 1.807) is 12.3 Å². The van der Waals surface area contributed by atoms with E-state index in [1.165, 1.54) is 0 Å². The molecule has 3 N–H and O–H groups in total. The van der Waals surface area contributed by atoms with Crippen LogP contribution in [0.3, 0.4) is 0 Å². The molecule has 8 nitrogen and oxygen atoms in total. The van der Waals surface area contributed by atoms with Crippen molar-refractivity contribution in [1.82, 2.24) is 15.1 Å². The molecule has 0 unspecified atom stereocenters. The van der Waals surface area contributed by atoms with E-state index in [-0.39, 0.29) is 23.2 Å². The quantitative estimate of drug-likeness (QED) is 0.689. The molecule has 4 rings (SSSR count). The molecule has 0 radical (unpaired) electrons. The molecule has 130 valence electrons. The van der Waals surface area contributed by atoms with Crippen LogP contribution in [-0.4, -0.2) is 57.5 Å². The highest BCUT2D eigenvalue weighted by atomic mass is 16.5. The van der Waals surface area contributed by atoms with E-state index in [1.807, 2.05) is 12.1 Å². The van der Waals surface area contributed by atoms with E-state index in [0.29, 0.717) is 25.8 Å². The van der Waals surface area contributed by atoms with Gasteiger partial charge in [0.1, 0.15) is 23.2 Å². The molecule has 2 aliphatic rings. The Hall–Kier alpha value is -2.52. The number of fused-ring (bicyclic) bond motifs is 1. The number of hydrogen-bond donors (Lipinski definition) is 3. The number of hydrogen-bond acceptors (Lipinski definition) is 6. The first kappa shape index (κ1) is 16.0. The predicted molar refractivity (Wildman–Crippen MR) is 88.8 cm³/mol. The third-order valence-electron chi connectivity index (χ3n) is 4.50. The van der Waals surface area contributed by atoms with Crippen molar-refractivity contribution in [3.05, 3.63) is 41.2 Å². The zero-order valence-corrected chi connectivity index (χ0v) is 13.5. The lowest BCUT2D eigenvalue weighted by molar-refractivity contribution is 0.0128. The number of carboxylic acid groups (broad SMARTS) is 1. The highest BCUT2D eigenvalue weighted by molar-refractivity contribution is 6.44. The summed E-state index contributed by atoms with van der Waals surface area (Å²) in [4.78, 5) is 13.9. The average molecular weight is 343 g/mol. The average Bonchev–Trinajstić information content (AvgIpc) is 3.05. The van der Waals surface area contributed by atoms with Crippen molar-refractivity contribution in [2.75, 3.05) is 13.1 Å². The molecule has 3 heterocycles. The van der Waals surface area contributed by atoms with Gasteiger partial charge in [0, 0.05) is 31.5 Å². The summed E-state index contributed by atoms with van der Waals surface area (Å²) in [6.07, 6.45) is 2.67. The van der Waals surface area contributed by atoms with Crippen LogP contribution in [0.4, 0.5) is 0 Å². The van der Waals surface area contributed by atoms with Gasteiger partial charge in [-0.3, -0.25) is 10.00 Å². The Morgan fingerprint density at radius 2 is 2.28 bits per heavy atom. The Morgan fingerprint density at radius 1 is 1.44 bits per heavy atom. The molecule has 0 atom stereocenters. The van der Waals surface area contributed by atoms with E-state index in [4.69, 9.17) is 9.39 Å². The molecule has 1 saturated heterocycles. The first-order chi connectivity index (χ1) is 12.1. The zero-order valence-electron chi connectivity index (χ0n) is 13.5. The molecule has 25 heavy (non-hydrogen) atoms. The zero-order chi connectivity index (χ0) is 17.4. The number of aromatic amines is 1. The Morgan fingerprint density at radius 3 is 3.00 bits per heavy atom. The third-order valence-corrected chi connectivity index (χ3v) is 4.50. The van der Waals surface area contributed by atoms with Gasteiger partial charge in [0.05, 0.1) is 0 Å². The maximum Gasteiger partial charge on any atom is 0.522 e. The van der Waals surface area contributed by atoms with Gasteiger partial charge in [-0.25, -0.2) is 4.79 Å². The summed E-state index contributed by atoms with van der Waals surface area (Å²) < 4.78 is 11.2. The molecule has 0 saturated carbocycles. The molecular weight excluding hydrogens is 325 g/mol. The Kier molecular flexibility index (Phi) is 4.10. The highest BCUT2D eigenvalue weighted by Gasteiger charge is 2.33. The second-order valence-corrected chi connectivity index (χ2v) is 6.36. The van der Waals surface area contributed by atoms with Gasteiger partial charge in [-0.05, 0) is 30.4 Å². The number of carboxylic acids is 1. The fourth-order valence-corrected chi connectivity index (χ4v) is 3.23. The third kappa shape index (κ3) is 3.20. The van der Waals surface area contributed by atoms with E-state index < -0.39 is 13.1 Å². The minimum Gasteiger partial charge on any atom is -0.535 e. The summed E-state index contributed by atoms with van der Waals surface area (Å²) in [7, 11) is -0.977. The molecule has 0 amide bonds. The van der Waals surface area contributed by atoms with Crippen molar-refractivity contribution >= 4 is 13.1 Å². The van der Waals surface area contributed by atoms with Gasteiger partial charge in [0.2, 0.25) is 0 Å². The lowest BCUT2D eigenvalue weighted by Gasteiger charge is -2.39. The smallest absolute Gasteiger partial charge is 0.522 e. The van der Waals surface area contributed by atoms with Gasteiger partial charge < -0.3 is 19.5 Å². The van der Waals surface area contributed by atoms with Crippen LogP contribution in [0.15, 0.2) is 24.4 Å². The summed E-state index contributed by atoms with van der Waals surface area (Å²) in [6, 6.07) is 5.41. The largest absolute Gasteiger partial charge is 0.535 e. The van der Waals surface area contributed by atoms with E-state index in [0.717, 1.165) is 17.8 Å². The van der Waals surface area contributed by atoms with Crippen LogP contribution >= 0.6 is 0 Å². The van der Waals surface area contributed by atoms with Crippen LogP contribution in [-0.2, 0) is 13.0 Å². The molecule has 0 aliphatic carbocycles. The second kappa shape index (κ2) is 6.42.